The van der Waals surface area contributed by atoms with Crippen LogP contribution in [0.3, 0.4) is 0 Å². The summed E-state index contributed by atoms with van der Waals surface area (Å²) >= 11 is 0. The molecule has 0 spiro atoms. The van der Waals surface area contributed by atoms with Gasteiger partial charge in [-0.1, -0.05) is 0 Å². The average Bonchev–Trinajstić information content (AvgIpc) is 2.16. The number of hydrogen-bond acceptors (Lipinski definition) is 3. The molecule has 0 atom stereocenters. The third kappa shape index (κ3) is 2.52. The average molecular weight is 230 g/mol. The number of carbonyl (C=O) groups is 1. The second kappa shape index (κ2) is 4.98. The number of carboxylic acid groups (broad SMARTS) is 1. The smallest absolute Gasteiger partial charge is 0.307 e. The topological polar surface area (TPSA) is 76.2 Å². The van der Waals surface area contributed by atoms with Crippen LogP contribution < -0.4 is 5.73 Å². The predicted octanol–water partition coefficient (Wildman–Crippen LogP) is 1.41. The van der Waals surface area contributed by atoms with Crippen LogP contribution in [0.25, 0.3) is 0 Å². The zero-order valence-electron chi connectivity index (χ0n) is 8.70. The number of aromatic nitrogens is 1. The molecule has 0 bridgehead atoms. The highest BCUT2D eigenvalue weighted by Crippen LogP contribution is 2.27. The van der Waals surface area contributed by atoms with Crippen LogP contribution in [-0.2, 0) is 17.8 Å². The summed E-state index contributed by atoms with van der Waals surface area (Å²) in [5, 5.41) is 8.68. The van der Waals surface area contributed by atoms with E-state index in [4.69, 9.17) is 10.8 Å². The van der Waals surface area contributed by atoms with E-state index in [9.17, 15) is 13.6 Å². The number of nitrogens with zero attached hydrogens (tertiary/aromatic N) is 1. The van der Waals surface area contributed by atoms with Crippen LogP contribution in [0.15, 0.2) is 6.20 Å². The van der Waals surface area contributed by atoms with Crippen molar-refractivity contribution in [1.82, 2.24) is 4.98 Å². The van der Waals surface area contributed by atoms with E-state index < -0.39 is 18.8 Å². The lowest BCUT2D eigenvalue weighted by atomic mass is 9.99. The van der Waals surface area contributed by atoms with E-state index in [0.29, 0.717) is 5.56 Å². The Balaban J connectivity index is 3.36. The molecule has 1 rings (SSSR count). The van der Waals surface area contributed by atoms with Crippen LogP contribution in [0.5, 0.6) is 0 Å². The van der Waals surface area contributed by atoms with E-state index in [1.54, 1.807) is 0 Å². The van der Waals surface area contributed by atoms with E-state index in [2.05, 4.69) is 4.98 Å². The molecule has 0 aliphatic heterocycles. The Bertz CT molecular complexity index is 408. The molecule has 6 heteroatoms. The highest BCUT2D eigenvalue weighted by Gasteiger charge is 2.21. The zero-order valence-corrected chi connectivity index (χ0v) is 8.70. The predicted molar refractivity (Wildman–Crippen MR) is 53.2 cm³/mol. The molecule has 4 nitrogen and oxygen atoms in total. The molecular formula is C10H12F2N2O2. The molecule has 0 aliphatic rings. The Morgan fingerprint density at radius 3 is 2.69 bits per heavy atom. The van der Waals surface area contributed by atoms with E-state index in [-0.39, 0.29) is 23.4 Å². The van der Waals surface area contributed by atoms with Crippen molar-refractivity contribution in [2.24, 2.45) is 5.73 Å². The molecule has 0 amide bonds. The summed E-state index contributed by atoms with van der Waals surface area (Å²) in [7, 11) is 0. The number of aryl methyl sites for hydroxylation is 1. The number of alkyl halides is 2. The molecule has 3 N–H and O–H groups in total. The summed E-state index contributed by atoms with van der Waals surface area (Å²) < 4.78 is 25.6. The van der Waals surface area contributed by atoms with Crippen molar-refractivity contribution in [2.45, 2.75) is 26.3 Å². The minimum atomic E-state index is -2.74. The Kier molecular flexibility index (Phi) is 3.89. The first-order valence-electron chi connectivity index (χ1n) is 4.64. The van der Waals surface area contributed by atoms with Gasteiger partial charge in [0.2, 0.25) is 0 Å². The monoisotopic (exact) mass is 230 g/mol. The van der Waals surface area contributed by atoms with Gasteiger partial charge < -0.3 is 10.8 Å². The van der Waals surface area contributed by atoms with Crippen molar-refractivity contribution in [3.05, 3.63) is 28.6 Å². The quantitative estimate of drug-likeness (QED) is 0.820. The number of pyridine rings is 1. The fourth-order valence-corrected chi connectivity index (χ4v) is 1.54. The molecule has 0 radical (unpaired) electrons. The molecule has 16 heavy (non-hydrogen) atoms. The van der Waals surface area contributed by atoms with Gasteiger partial charge in [-0.3, -0.25) is 9.78 Å². The summed E-state index contributed by atoms with van der Waals surface area (Å²) in [4.78, 5) is 14.4. The number of aliphatic carboxylic acids is 1. The summed E-state index contributed by atoms with van der Waals surface area (Å²) in [6.45, 7) is 1.42. The minimum absolute atomic E-state index is 0.00435. The van der Waals surface area contributed by atoms with Crippen molar-refractivity contribution in [1.29, 1.82) is 0 Å². The third-order valence-corrected chi connectivity index (χ3v) is 2.28. The molecule has 88 valence electrons. The van der Waals surface area contributed by atoms with Crippen LogP contribution in [0.2, 0.25) is 0 Å². The fourth-order valence-electron chi connectivity index (χ4n) is 1.54. The van der Waals surface area contributed by atoms with Gasteiger partial charge in [-0.2, -0.15) is 0 Å². The van der Waals surface area contributed by atoms with Gasteiger partial charge in [-0.15, -0.1) is 0 Å². The van der Waals surface area contributed by atoms with E-state index in [1.165, 1.54) is 13.1 Å². The normalized spacial score (nSPS) is 10.8. The summed E-state index contributed by atoms with van der Waals surface area (Å²) in [6, 6.07) is 0. The van der Waals surface area contributed by atoms with E-state index in [0.717, 1.165) is 0 Å². The summed E-state index contributed by atoms with van der Waals surface area (Å²) in [6.07, 6.45) is -1.86. The number of carboxylic acids is 1. The fraction of sp³-hybridized carbons (Fsp3) is 0.400. The Labute approximate surface area is 91.1 Å². The van der Waals surface area contributed by atoms with Crippen LogP contribution >= 0.6 is 0 Å². The van der Waals surface area contributed by atoms with Crippen molar-refractivity contribution < 1.29 is 18.7 Å². The third-order valence-electron chi connectivity index (χ3n) is 2.28. The van der Waals surface area contributed by atoms with Gasteiger partial charge >= 0.3 is 5.97 Å². The maximum atomic E-state index is 12.8. The molecule has 0 saturated carbocycles. The van der Waals surface area contributed by atoms with Gasteiger partial charge in [0.05, 0.1) is 6.42 Å². The number of halogens is 2. The van der Waals surface area contributed by atoms with Gasteiger partial charge in [0, 0.05) is 24.0 Å². The van der Waals surface area contributed by atoms with Crippen LogP contribution in [0, 0.1) is 6.92 Å². The summed E-state index contributed by atoms with van der Waals surface area (Å²) in [5.41, 5.74) is 5.63. The van der Waals surface area contributed by atoms with Crippen molar-refractivity contribution in [3.8, 4) is 0 Å². The highest BCUT2D eigenvalue weighted by molar-refractivity contribution is 5.71. The maximum absolute atomic E-state index is 12.8. The molecule has 0 fully saturated rings. The van der Waals surface area contributed by atoms with E-state index >= 15 is 0 Å². The second-order valence-electron chi connectivity index (χ2n) is 3.34. The highest BCUT2D eigenvalue weighted by atomic mass is 19.3. The molecule has 1 heterocycles. The number of rotatable bonds is 4. The van der Waals surface area contributed by atoms with Crippen molar-refractivity contribution >= 4 is 5.97 Å². The first-order valence-corrected chi connectivity index (χ1v) is 4.64. The largest absolute Gasteiger partial charge is 0.481 e. The lowest BCUT2D eigenvalue weighted by Crippen LogP contribution is -2.12. The van der Waals surface area contributed by atoms with Crippen LogP contribution in [-0.4, -0.2) is 16.1 Å². The SMILES string of the molecule is Cc1ncc(CN)c(CC(=O)O)c1C(F)F. The minimum Gasteiger partial charge on any atom is -0.481 e. The van der Waals surface area contributed by atoms with Crippen LogP contribution in [0.4, 0.5) is 8.78 Å². The Morgan fingerprint density at radius 2 is 2.25 bits per heavy atom. The van der Waals surface area contributed by atoms with Gasteiger partial charge in [0.1, 0.15) is 0 Å². The molecule has 0 aliphatic carbocycles. The van der Waals surface area contributed by atoms with Gasteiger partial charge in [-0.05, 0) is 18.1 Å². The molecule has 1 aromatic heterocycles. The van der Waals surface area contributed by atoms with Gasteiger partial charge in [-0.25, -0.2) is 8.78 Å². The van der Waals surface area contributed by atoms with Crippen molar-refractivity contribution in [3.63, 3.8) is 0 Å². The Morgan fingerprint density at radius 1 is 1.62 bits per heavy atom. The molecule has 1 aromatic rings. The second-order valence-corrected chi connectivity index (χ2v) is 3.34. The molecule has 0 aromatic carbocycles. The molecule has 0 unspecified atom stereocenters. The number of hydrogen-bond donors (Lipinski definition) is 2. The zero-order chi connectivity index (χ0) is 12.3. The lowest BCUT2D eigenvalue weighted by Gasteiger charge is -2.13. The molecular weight excluding hydrogens is 218 g/mol. The first-order chi connectivity index (χ1) is 7.47. The standard InChI is InChI=1S/C10H12F2N2O2/c1-5-9(10(11)12)7(2-8(15)16)6(3-13)4-14-5/h4,10H,2-3,13H2,1H3,(H,15,16). The first kappa shape index (κ1) is 12.5. The Hall–Kier alpha value is -1.56. The van der Waals surface area contributed by atoms with Crippen molar-refractivity contribution in [2.75, 3.05) is 0 Å². The van der Waals surface area contributed by atoms with Gasteiger partial charge in [0.25, 0.3) is 6.43 Å². The lowest BCUT2D eigenvalue weighted by molar-refractivity contribution is -0.136. The van der Waals surface area contributed by atoms with Crippen LogP contribution in [0.1, 0.15) is 28.8 Å². The molecule has 0 saturated heterocycles. The number of nitrogens with two attached hydrogens (primary N) is 1. The summed E-state index contributed by atoms with van der Waals surface area (Å²) in [5.74, 6) is -1.16. The maximum Gasteiger partial charge on any atom is 0.307 e. The van der Waals surface area contributed by atoms with E-state index in [1.807, 2.05) is 0 Å². The van der Waals surface area contributed by atoms with Gasteiger partial charge in [0.15, 0.2) is 0 Å².